The molecule has 14 heavy (non-hydrogen) atoms. The summed E-state index contributed by atoms with van der Waals surface area (Å²) in [5, 5.41) is 3.27. The second-order valence-electron chi connectivity index (χ2n) is 4.66. The Morgan fingerprint density at radius 3 is 1.71 bits per heavy atom. The van der Waals surface area contributed by atoms with E-state index in [4.69, 9.17) is 0 Å². The van der Waals surface area contributed by atoms with Gasteiger partial charge in [-0.2, -0.15) is 0 Å². The predicted molar refractivity (Wildman–Crippen MR) is 65.6 cm³/mol. The van der Waals surface area contributed by atoms with Crippen molar-refractivity contribution in [3.05, 3.63) is 0 Å². The van der Waals surface area contributed by atoms with Gasteiger partial charge in [0.25, 0.3) is 0 Å². The molecular weight excluding hydrogens is 170 g/mol. The molecule has 1 aliphatic heterocycles. The Morgan fingerprint density at radius 2 is 1.64 bits per heavy atom. The van der Waals surface area contributed by atoms with Gasteiger partial charge >= 0.3 is 0 Å². The van der Waals surface area contributed by atoms with Gasteiger partial charge in [0.15, 0.2) is 0 Å². The Kier molecular flexibility index (Phi) is 9.49. The normalized spacial score (nSPS) is 24.4. The first-order valence-corrected chi connectivity index (χ1v) is 6.45. The molecule has 1 aliphatic carbocycles. The van der Waals surface area contributed by atoms with Crippen LogP contribution in [-0.4, -0.2) is 13.1 Å². The van der Waals surface area contributed by atoms with Gasteiger partial charge in [0.05, 0.1) is 0 Å². The molecule has 1 unspecified atom stereocenters. The summed E-state index contributed by atoms with van der Waals surface area (Å²) < 4.78 is 0. The van der Waals surface area contributed by atoms with Gasteiger partial charge in [-0.05, 0) is 31.3 Å². The van der Waals surface area contributed by atoms with E-state index in [0.29, 0.717) is 0 Å². The second kappa shape index (κ2) is 9.51. The second-order valence-corrected chi connectivity index (χ2v) is 4.66. The van der Waals surface area contributed by atoms with E-state index >= 15 is 0 Å². The van der Waals surface area contributed by atoms with Gasteiger partial charge in [0.2, 0.25) is 0 Å². The summed E-state index contributed by atoms with van der Waals surface area (Å²) in [7, 11) is 0. The third kappa shape index (κ3) is 10.0. The Balaban J connectivity index is 0.000000193. The van der Waals surface area contributed by atoms with Crippen molar-refractivity contribution in [2.75, 3.05) is 13.1 Å². The number of rotatable bonds is 1. The summed E-state index contributed by atoms with van der Waals surface area (Å²) in [5.41, 5.74) is 0. The van der Waals surface area contributed by atoms with E-state index in [0.717, 1.165) is 11.8 Å². The van der Waals surface area contributed by atoms with Crippen LogP contribution in [-0.2, 0) is 0 Å². The third-order valence-electron chi connectivity index (χ3n) is 2.58. The van der Waals surface area contributed by atoms with Crippen LogP contribution in [0, 0.1) is 11.8 Å². The molecule has 1 saturated heterocycles. The van der Waals surface area contributed by atoms with Crippen molar-refractivity contribution in [1.29, 1.82) is 0 Å². The van der Waals surface area contributed by atoms with Gasteiger partial charge in [0.1, 0.15) is 0 Å². The van der Waals surface area contributed by atoms with Crippen LogP contribution in [0.1, 0.15) is 59.8 Å². The van der Waals surface area contributed by atoms with Crippen LogP contribution in [0.4, 0.5) is 0 Å². The van der Waals surface area contributed by atoms with E-state index < -0.39 is 0 Å². The van der Waals surface area contributed by atoms with Gasteiger partial charge < -0.3 is 5.32 Å². The lowest BCUT2D eigenvalue weighted by atomic mass is 10.2. The SMILES string of the molecule is CC1CCNC1.CCC.CCC1CC1. The smallest absolute Gasteiger partial charge is 0.00227 e. The fourth-order valence-corrected chi connectivity index (χ4v) is 1.33. The molecule has 0 radical (unpaired) electrons. The Morgan fingerprint density at radius 1 is 1.07 bits per heavy atom. The highest BCUT2D eigenvalue weighted by Crippen LogP contribution is 2.31. The molecule has 86 valence electrons. The van der Waals surface area contributed by atoms with Gasteiger partial charge in [-0.3, -0.25) is 0 Å². The fraction of sp³-hybridized carbons (Fsp3) is 1.00. The van der Waals surface area contributed by atoms with Crippen molar-refractivity contribution < 1.29 is 0 Å². The molecule has 1 N–H and O–H groups in total. The predicted octanol–water partition coefficient (Wildman–Crippen LogP) is 3.84. The van der Waals surface area contributed by atoms with E-state index in [2.05, 4.69) is 33.0 Å². The van der Waals surface area contributed by atoms with Crippen molar-refractivity contribution >= 4 is 0 Å². The Labute approximate surface area is 90.7 Å². The average Bonchev–Trinajstić information content (AvgIpc) is 2.90. The topological polar surface area (TPSA) is 12.0 Å². The Bertz CT molecular complexity index is 102. The molecule has 0 bridgehead atoms. The van der Waals surface area contributed by atoms with Crippen molar-refractivity contribution in [2.24, 2.45) is 11.8 Å². The Hall–Kier alpha value is -0.0400. The van der Waals surface area contributed by atoms with E-state index in [1.807, 2.05) is 0 Å². The highest BCUT2D eigenvalue weighted by atomic mass is 14.9. The lowest BCUT2D eigenvalue weighted by molar-refractivity contribution is 0.651. The number of hydrogen-bond acceptors (Lipinski definition) is 1. The summed E-state index contributed by atoms with van der Waals surface area (Å²) in [6.07, 6.45) is 7.06. The van der Waals surface area contributed by atoms with Gasteiger partial charge in [0, 0.05) is 0 Å². The van der Waals surface area contributed by atoms with Crippen LogP contribution in [0.3, 0.4) is 0 Å². The van der Waals surface area contributed by atoms with Crippen molar-refractivity contribution in [1.82, 2.24) is 5.32 Å². The van der Waals surface area contributed by atoms with Crippen LogP contribution >= 0.6 is 0 Å². The summed E-state index contributed by atoms with van der Waals surface area (Å²) in [4.78, 5) is 0. The van der Waals surface area contributed by atoms with Crippen LogP contribution in [0.2, 0.25) is 0 Å². The molecule has 2 aliphatic rings. The molecule has 0 aromatic carbocycles. The van der Waals surface area contributed by atoms with E-state index in [-0.39, 0.29) is 0 Å². The standard InChI is InChI=1S/C5H11N.C5H10.C3H8/c1-5-2-3-6-4-5;1-2-5-3-4-5;1-3-2/h5-6H,2-4H2,1H3;5H,2-4H2,1H3;3H2,1-2H3. The minimum atomic E-state index is 0.935. The lowest BCUT2D eigenvalue weighted by Gasteiger charge is -1.90. The zero-order valence-corrected chi connectivity index (χ0v) is 10.6. The first kappa shape index (κ1) is 14.0. The molecule has 0 spiro atoms. The summed E-state index contributed by atoms with van der Waals surface area (Å²) in [5.74, 6) is 2.07. The maximum Gasteiger partial charge on any atom is -0.00227 e. The van der Waals surface area contributed by atoms with Crippen LogP contribution < -0.4 is 5.32 Å². The minimum absolute atomic E-state index is 0.935. The maximum atomic E-state index is 3.27. The minimum Gasteiger partial charge on any atom is -0.316 e. The molecule has 2 rings (SSSR count). The van der Waals surface area contributed by atoms with Crippen molar-refractivity contribution in [2.45, 2.75) is 59.8 Å². The highest BCUT2D eigenvalue weighted by molar-refractivity contribution is 4.69. The first-order chi connectivity index (χ1) is 6.74. The zero-order valence-electron chi connectivity index (χ0n) is 10.6. The molecular formula is C13H29N. The summed E-state index contributed by atoms with van der Waals surface area (Å²) in [6, 6.07) is 0. The zero-order chi connectivity index (χ0) is 10.8. The monoisotopic (exact) mass is 199 g/mol. The molecule has 1 heterocycles. The molecule has 2 fully saturated rings. The molecule has 1 atom stereocenters. The molecule has 0 aromatic heterocycles. The summed E-state index contributed by atoms with van der Waals surface area (Å²) in [6.45, 7) is 11.3. The number of nitrogens with one attached hydrogen (secondary N) is 1. The van der Waals surface area contributed by atoms with Crippen LogP contribution in [0.15, 0.2) is 0 Å². The summed E-state index contributed by atoms with van der Waals surface area (Å²) >= 11 is 0. The molecule has 0 amide bonds. The fourth-order valence-electron chi connectivity index (χ4n) is 1.33. The van der Waals surface area contributed by atoms with Gasteiger partial charge in [-0.1, -0.05) is 53.4 Å². The largest absolute Gasteiger partial charge is 0.316 e. The van der Waals surface area contributed by atoms with Crippen LogP contribution in [0.5, 0.6) is 0 Å². The third-order valence-corrected chi connectivity index (χ3v) is 2.58. The lowest BCUT2D eigenvalue weighted by Crippen LogP contribution is -2.06. The van der Waals surface area contributed by atoms with Crippen molar-refractivity contribution in [3.63, 3.8) is 0 Å². The van der Waals surface area contributed by atoms with E-state index in [1.54, 1.807) is 0 Å². The van der Waals surface area contributed by atoms with E-state index in [1.165, 1.54) is 45.2 Å². The molecule has 0 aromatic rings. The van der Waals surface area contributed by atoms with E-state index in [9.17, 15) is 0 Å². The average molecular weight is 199 g/mol. The maximum absolute atomic E-state index is 3.27. The van der Waals surface area contributed by atoms with Gasteiger partial charge in [-0.25, -0.2) is 0 Å². The number of hydrogen-bond donors (Lipinski definition) is 1. The van der Waals surface area contributed by atoms with Gasteiger partial charge in [-0.15, -0.1) is 0 Å². The van der Waals surface area contributed by atoms with Crippen molar-refractivity contribution in [3.8, 4) is 0 Å². The highest BCUT2D eigenvalue weighted by Gasteiger charge is 2.17. The molecule has 1 saturated carbocycles. The van der Waals surface area contributed by atoms with Crippen LogP contribution in [0.25, 0.3) is 0 Å². The first-order valence-electron chi connectivity index (χ1n) is 6.45. The molecule has 1 heteroatoms. The quantitative estimate of drug-likeness (QED) is 0.676. The molecule has 1 nitrogen and oxygen atoms in total.